The lowest BCUT2D eigenvalue weighted by Crippen LogP contribution is -2.34. The van der Waals surface area contributed by atoms with Gasteiger partial charge < -0.3 is 14.8 Å². The number of aromatic nitrogens is 2. The number of nitrogens with zero attached hydrogens (tertiary/aromatic N) is 2. The molecule has 6 nitrogen and oxygen atoms in total. The molecule has 0 aliphatic rings. The number of rotatable bonds is 5. The minimum absolute atomic E-state index is 0.367. The second kappa shape index (κ2) is 8.11. The fourth-order valence-corrected chi connectivity index (χ4v) is 3.04. The largest absolute Gasteiger partial charge is 0.494 e. The van der Waals surface area contributed by atoms with Crippen molar-refractivity contribution in [1.29, 1.82) is 0 Å². The van der Waals surface area contributed by atoms with Crippen LogP contribution in [0, 0.1) is 5.82 Å². The van der Waals surface area contributed by atoms with Crippen molar-refractivity contribution in [3.8, 4) is 11.4 Å². The Morgan fingerprint density at radius 1 is 1.21 bits per heavy atom. The molecule has 1 amide bonds. The highest BCUT2D eigenvalue weighted by atomic mass is 19.1. The highest BCUT2D eigenvalue weighted by Crippen LogP contribution is 2.27. The summed E-state index contributed by atoms with van der Waals surface area (Å²) < 4.78 is 26.5. The number of fused-ring (bicyclic) bond motifs is 1. The first-order chi connectivity index (χ1) is 13.7. The van der Waals surface area contributed by atoms with Gasteiger partial charge in [-0.15, -0.1) is 0 Å². The van der Waals surface area contributed by atoms with Gasteiger partial charge in [0.1, 0.15) is 23.0 Å². The Bertz CT molecular complexity index is 1010. The number of hydrogen-bond acceptors (Lipinski definition) is 4. The van der Waals surface area contributed by atoms with Crippen molar-refractivity contribution in [3.05, 3.63) is 54.1 Å². The van der Waals surface area contributed by atoms with Crippen LogP contribution in [0.4, 0.5) is 9.18 Å². The van der Waals surface area contributed by atoms with Gasteiger partial charge in [0.15, 0.2) is 0 Å². The van der Waals surface area contributed by atoms with Crippen molar-refractivity contribution in [3.63, 3.8) is 0 Å². The minimum atomic E-state index is -0.609. The van der Waals surface area contributed by atoms with Gasteiger partial charge in [-0.25, -0.2) is 14.2 Å². The van der Waals surface area contributed by atoms with Crippen molar-refractivity contribution in [2.45, 2.75) is 46.3 Å². The number of amides is 1. The van der Waals surface area contributed by atoms with Crippen molar-refractivity contribution in [2.24, 2.45) is 0 Å². The molecule has 0 bridgehead atoms. The maximum Gasteiger partial charge on any atom is 0.408 e. The summed E-state index contributed by atoms with van der Waals surface area (Å²) in [7, 11) is 0. The Hall–Kier alpha value is -3.09. The summed E-state index contributed by atoms with van der Waals surface area (Å²) >= 11 is 0. The molecule has 0 radical (unpaired) electrons. The van der Waals surface area contributed by atoms with Gasteiger partial charge in [-0.1, -0.05) is 0 Å². The maximum absolute atomic E-state index is 13.8. The Balaban J connectivity index is 2.02. The highest BCUT2D eigenvalue weighted by molar-refractivity contribution is 5.79. The quantitative estimate of drug-likeness (QED) is 0.644. The standard InChI is InChI=1S/C22H26FN3O3/c1-6-28-17-10-8-16(9-11-17)26-19-12-7-15(23)13-18(19)25-20(26)14(2)24-21(27)29-22(3,4)5/h7-14H,6H2,1-5H3,(H,24,27)/t14-/m1/s1. The van der Waals surface area contributed by atoms with E-state index in [1.807, 2.05) is 42.7 Å². The van der Waals surface area contributed by atoms with Gasteiger partial charge in [0.25, 0.3) is 0 Å². The van der Waals surface area contributed by atoms with Gasteiger partial charge in [-0.05, 0) is 71.0 Å². The molecule has 0 saturated carbocycles. The van der Waals surface area contributed by atoms with E-state index in [4.69, 9.17) is 9.47 Å². The Labute approximate surface area is 169 Å². The van der Waals surface area contributed by atoms with E-state index in [0.717, 1.165) is 17.0 Å². The van der Waals surface area contributed by atoms with Gasteiger partial charge in [0, 0.05) is 11.8 Å². The second-order valence-corrected chi connectivity index (χ2v) is 7.73. The average molecular weight is 399 g/mol. The SMILES string of the molecule is CCOc1ccc(-n2c([C@@H](C)NC(=O)OC(C)(C)C)nc3cc(F)ccc32)cc1. The van der Waals surface area contributed by atoms with E-state index in [0.29, 0.717) is 17.9 Å². The lowest BCUT2D eigenvalue weighted by atomic mass is 10.2. The van der Waals surface area contributed by atoms with E-state index >= 15 is 0 Å². The number of carbonyl (C=O) groups excluding carboxylic acids is 1. The molecule has 1 aromatic heterocycles. The monoisotopic (exact) mass is 399 g/mol. The van der Waals surface area contributed by atoms with Gasteiger partial charge in [0.2, 0.25) is 0 Å². The first-order valence-corrected chi connectivity index (χ1v) is 9.58. The number of carbonyl (C=O) groups is 1. The van der Waals surface area contributed by atoms with E-state index in [2.05, 4.69) is 10.3 Å². The molecular formula is C22H26FN3O3. The van der Waals surface area contributed by atoms with Crippen LogP contribution in [0.1, 0.15) is 46.5 Å². The molecule has 0 aliphatic heterocycles. The molecule has 0 fully saturated rings. The molecular weight excluding hydrogens is 373 g/mol. The van der Waals surface area contributed by atoms with Crippen LogP contribution < -0.4 is 10.1 Å². The number of alkyl carbamates (subject to hydrolysis) is 1. The Kier molecular flexibility index (Phi) is 5.77. The molecule has 29 heavy (non-hydrogen) atoms. The fourth-order valence-electron chi connectivity index (χ4n) is 3.04. The molecule has 0 unspecified atom stereocenters. The molecule has 3 aromatic rings. The molecule has 0 saturated heterocycles. The summed E-state index contributed by atoms with van der Waals surface area (Å²) in [4.78, 5) is 16.8. The maximum atomic E-state index is 13.8. The number of imidazole rings is 1. The first-order valence-electron chi connectivity index (χ1n) is 9.58. The topological polar surface area (TPSA) is 65.4 Å². The summed E-state index contributed by atoms with van der Waals surface area (Å²) in [5.74, 6) is 0.960. The minimum Gasteiger partial charge on any atom is -0.494 e. The number of nitrogens with one attached hydrogen (secondary N) is 1. The third-order valence-electron chi connectivity index (χ3n) is 4.17. The molecule has 3 rings (SSSR count). The lowest BCUT2D eigenvalue weighted by Gasteiger charge is -2.22. The van der Waals surface area contributed by atoms with Crippen LogP contribution in [-0.2, 0) is 4.74 Å². The van der Waals surface area contributed by atoms with E-state index in [9.17, 15) is 9.18 Å². The van der Waals surface area contributed by atoms with E-state index in [1.165, 1.54) is 12.1 Å². The smallest absolute Gasteiger partial charge is 0.408 e. The number of ether oxygens (including phenoxy) is 2. The predicted molar refractivity (Wildman–Crippen MR) is 110 cm³/mol. The van der Waals surface area contributed by atoms with Gasteiger partial charge >= 0.3 is 6.09 Å². The van der Waals surface area contributed by atoms with Crippen molar-refractivity contribution in [1.82, 2.24) is 14.9 Å². The molecule has 1 atom stereocenters. The van der Waals surface area contributed by atoms with Gasteiger partial charge in [-0.3, -0.25) is 4.57 Å². The molecule has 1 heterocycles. The Morgan fingerprint density at radius 2 is 1.90 bits per heavy atom. The number of hydrogen-bond donors (Lipinski definition) is 1. The summed E-state index contributed by atoms with van der Waals surface area (Å²) in [5, 5.41) is 2.81. The van der Waals surface area contributed by atoms with Crippen LogP contribution >= 0.6 is 0 Å². The molecule has 1 N–H and O–H groups in total. The predicted octanol–water partition coefficient (Wildman–Crippen LogP) is 5.15. The second-order valence-electron chi connectivity index (χ2n) is 7.73. The van der Waals surface area contributed by atoms with E-state index in [-0.39, 0.29) is 5.82 Å². The molecule has 0 spiro atoms. The third-order valence-corrected chi connectivity index (χ3v) is 4.17. The molecule has 0 aliphatic carbocycles. The normalized spacial score (nSPS) is 12.6. The van der Waals surface area contributed by atoms with Gasteiger partial charge in [-0.2, -0.15) is 0 Å². The van der Waals surface area contributed by atoms with Crippen LogP contribution in [0.2, 0.25) is 0 Å². The third kappa shape index (κ3) is 4.85. The molecule has 2 aromatic carbocycles. The zero-order valence-corrected chi connectivity index (χ0v) is 17.3. The van der Waals surface area contributed by atoms with Crippen LogP contribution in [0.25, 0.3) is 16.7 Å². The van der Waals surface area contributed by atoms with Gasteiger partial charge in [0.05, 0.1) is 23.7 Å². The van der Waals surface area contributed by atoms with Crippen molar-refractivity contribution in [2.75, 3.05) is 6.61 Å². The highest BCUT2D eigenvalue weighted by Gasteiger charge is 2.23. The summed E-state index contributed by atoms with van der Waals surface area (Å²) in [6.45, 7) is 9.72. The zero-order chi connectivity index (χ0) is 21.2. The average Bonchev–Trinajstić information content (AvgIpc) is 2.99. The molecule has 7 heteroatoms. The summed E-state index contributed by atoms with van der Waals surface area (Å²) in [6, 6.07) is 11.5. The fraction of sp³-hybridized carbons (Fsp3) is 0.364. The number of halogens is 1. The molecule has 154 valence electrons. The Morgan fingerprint density at radius 3 is 2.52 bits per heavy atom. The summed E-state index contributed by atoms with van der Waals surface area (Å²) in [5.41, 5.74) is 1.47. The van der Waals surface area contributed by atoms with Crippen LogP contribution in [-0.4, -0.2) is 27.9 Å². The van der Waals surface area contributed by atoms with E-state index < -0.39 is 17.7 Å². The first kappa shape index (κ1) is 20.6. The van der Waals surface area contributed by atoms with E-state index in [1.54, 1.807) is 26.8 Å². The number of benzene rings is 2. The zero-order valence-electron chi connectivity index (χ0n) is 17.3. The van der Waals surface area contributed by atoms with Crippen LogP contribution in [0.5, 0.6) is 5.75 Å². The van der Waals surface area contributed by atoms with Crippen molar-refractivity contribution >= 4 is 17.1 Å². The van der Waals surface area contributed by atoms with Crippen molar-refractivity contribution < 1.29 is 18.7 Å². The lowest BCUT2D eigenvalue weighted by molar-refractivity contribution is 0.0505. The summed E-state index contributed by atoms with van der Waals surface area (Å²) in [6.07, 6.45) is -0.540. The van der Waals surface area contributed by atoms with Crippen LogP contribution in [0.3, 0.4) is 0 Å². The van der Waals surface area contributed by atoms with Crippen LogP contribution in [0.15, 0.2) is 42.5 Å².